The number of amides is 2. The second-order valence-corrected chi connectivity index (χ2v) is 4.43. The number of aliphatic hydroxyl groups excluding tert-OH is 2. The summed E-state index contributed by atoms with van der Waals surface area (Å²) in [5.41, 5.74) is 1.68. The molecule has 19 heavy (non-hydrogen) atoms. The van der Waals surface area contributed by atoms with Gasteiger partial charge in [0.15, 0.2) is 0 Å². The van der Waals surface area contributed by atoms with Gasteiger partial charge in [0, 0.05) is 29.8 Å². The lowest BCUT2D eigenvalue weighted by atomic mass is 10.2. The Morgan fingerprint density at radius 1 is 1.47 bits per heavy atom. The van der Waals surface area contributed by atoms with Crippen molar-refractivity contribution < 1.29 is 15.0 Å². The summed E-state index contributed by atoms with van der Waals surface area (Å²) in [6.07, 6.45) is 0.905. The van der Waals surface area contributed by atoms with Crippen molar-refractivity contribution in [1.29, 1.82) is 0 Å². The molecule has 6 nitrogen and oxygen atoms in total. The first kappa shape index (κ1) is 13.4. The summed E-state index contributed by atoms with van der Waals surface area (Å²) in [6, 6.07) is 7.13. The Kier molecular flexibility index (Phi) is 4.03. The zero-order chi connectivity index (χ0) is 13.8. The predicted molar refractivity (Wildman–Crippen MR) is 73.0 cm³/mol. The van der Waals surface area contributed by atoms with Crippen molar-refractivity contribution in [1.82, 2.24) is 9.88 Å². The largest absolute Gasteiger partial charge is 0.394 e. The van der Waals surface area contributed by atoms with Crippen LogP contribution in [-0.4, -0.2) is 52.4 Å². The number of hydrogen-bond acceptors (Lipinski definition) is 3. The van der Waals surface area contributed by atoms with Crippen LogP contribution in [0, 0.1) is 0 Å². The Morgan fingerprint density at radius 3 is 3.00 bits per heavy atom. The van der Waals surface area contributed by atoms with Crippen LogP contribution in [0.3, 0.4) is 0 Å². The van der Waals surface area contributed by atoms with E-state index in [0.29, 0.717) is 5.69 Å². The standard InChI is InChI=1S/C13H17N3O3/c1-16(7-11(18)8-17)13(19)15-10-2-3-12-9(6-10)4-5-14-12/h2-6,11,14,17-18H,7-8H2,1H3,(H,15,19)/t11-/m1/s1. The number of hydrogen-bond donors (Lipinski definition) is 4. The van der Waals surface area contributed by atoms with Crippen LogP contribution >= 0.6 is 0 Å². The maximum Gasteiger partial charge on any atom is 0.321 e. The summed E-state index contributed by atoms with van der Waals surface area (Å²) in [5, 5.41) is 21.8. The van der Waals surface area contributed by atoms with Gasteiger partial charge in [0.2, 0.25) is 0 Å². The van der Waals surface area contributed by atoms with Gasteiger partial charge in [-0.05, 0) is 24.3 Å². The van der Waals surface area contributed by atoms with Crippen LogP contribution in [0.1, 0.15) is 0 Å². The summed E-state index contributed by atoms with van der Waals surface area (Å²) in [5.74, 6) is 0. The van der Waals surface area contributed by atoms with E-state index in [9.17, 15) is 9.90 Å². The van der Waals surface area contributed by atoms with Crippen molar-refractivity contribution in [2.75, 3.05) is 25.5 Å². The van der Waals surface area contributed by atoms with E-state index >= 15 is 0 Å². The van der Waals surface area contributed by atoms with Gasteiger partial charge in [0.1, 0.15) is 0 Å². The van der Waals surface area contributed by atoms with Crippen LogP contribution in [0.2, 0.25) is 0 Å². The maximum absolute atomic E-state index is 11.9. The molecule has 2 aromatic rings. The minimum Gasteiger partial charge on any atom is -0.394 e. The smallest absolute Gasteiger partial charge is 0.321 e. The highest BCUT2D eigenvalue weighted by atomic mass is 16.3. The molecule has 1 aromatic carbocycles. The van der Waals surface area contributed by atoms with E-state index < -0.39 is 6.10 Å². The van der Waals surface area contributed by atoms with E-state index in [1.54, 1.807) is 13.1 Å². The van der Waals surface area contributed by atoms with Crippen LogP contribution in [0.15, 0.2) is 30.5 Å². The molecule has 1 atom stereocenters. The number of aliphatic hydroxyl groups is 2. The lowest BCUT2D eigenvalue weighted by molar-refractivity contribution is 0.0750. The fraction of sp³-hybridized carbons (Fsp3) is 0.308. The van der Waals surface area contributed by atoms with Gasteiger partial charge in [0.25, 0.3) is 0 Å². The fourth-order valence-corrected chi connectivity index (χ4v) is 1.81. The zero-order valence-electron chi connectivity index (χ0n) is 10.6. The molecule has 6 heteroatoms. The van der Waals surface area contributed by atoms with Crippen LogP contribution in [-0.2, 0) is 0 Å². The Bertz CT molecular complexity index is 567. The Labute approximate surface area is 110 Å². The number of benzene rings is 1. The number of anilines is 1. The third-order valence-corrected chi connectivity index (χ3v) is 2.85. The topological polar surface area (TPSA) is 88.6 Å². The average molecular weight is 263 g/mol. The number of carbonyl (C=O) groups excluding carboxylic acids is 1. The van der Waals surface area contributed by atoms with Crippen LogP contribution in [0.25, 0.3) is 10.9 Å². The highest BCUT2D eigenvalue weighted by Crippen LogP contribution is 2.17. The van der Waals surface area contributed by atoms with E-state index in [-0.39, 0.29) is 19.2 Å². The first-order valence-electron chi connectivity index (χ1n) is 5.98. The number of aromatic amines is 1. The predicted octanol–water partition coefficient (Wildman–Crippen LogP) is 0.985. The van der Waals surface area contributed by atoms with Crippen molar-refractivity contribution in [3.05, 3.63) is 30.5 Å². The summed E-state index contributed by atoms with van der Waals surface area (Å²) in [4.78, 5) is 16.2. The number of likely N-dealkylation sites (N-methyl/N-ethyl adjacent to an activating group) is 1. The molecule has 0 aliphatic carbocycles. The Hall–Kier alpha value is -2.05. The van der Waals surface area contributed by atoms with E-state index in [0.717, 1.165) is 10.9 Å². The van der Waals surface area contributed by atoms with Crippen LogP contribution in [0.5, 0.6) is 0 Å². The molecule has 1 aromatic heterocycles. The number of nitrogens with one attached hydrogen (secondary N) is 2. The summed E-state index contributed by atoms with van der Waals surface area (Å²) >= 11 is 0. The molecule has 0 unspecified atom stereocenters. The fourth-order valence-electron chi connectivity index (χ4n) is 1.81. The van der Waals surface area contributed by atoms with Crippen molar-refractivity contribution in [2.45, 2.75) is 6.10 Å². The summed E-state index contributed by atoms with van der Waals surface area (Å²) < 4.78 is 0. The quantitative estimate of drug-likeness (QED) is 0.663. The molecule has 0 saturated carbocycles. The molecule has 0 bridgehead atoms. The second kappa shape index (κ2) is 5.73. The highest BCUT2D eigenvalue weighted by molar-refractivity contribution is 5.92. The van der Waals surface area contributed by atoms with Gasteiger partial charge in [-0.25, -0.2) is 4.79 Å². The van der Waals surface area contributed by atoms with Gasteiger partial charge in [-0.15, -0.1) is 0 Å². The van der Waals surface area contributed by atoms with Crippen molar-refractivity contribution in [2.24, 2.45) is 0 Å². The van der Waals surface area contributed by atoms with Gasteiger partial charge in [-0.2, -0.15) is 0 Å². The van der Waals surface area contributed by atoms with Crippen LogP contribution in [0.4, 0.5) is 10.5 Å². The van der Waals surface area contributed by atoms with E-state index in [1.807, 2.05) is 24.4 Å². The van der Waals surface area contributed by atoms with Gasteiger partial charge >= 0.3 is 6.03 Å². The molecule has 1 heterocycles. The van der Waals surface area contributed by atoms with E-state index in [2.05, 4.69) is 10.3 Å². The first-order chi connectivity index (χ1) is 9.10. The van der Waals surface area contributed by atoms with Crippen molar-refractivity contribution >= 4 is 22.6 Å². The lowest BCUT2D eigenvalue weighted by Gasteiger charge is -2.20. The normalized spacial score (nSPS) is 12.4. The van der Waals surface area contributed by atoms with Crippen LogP contribution < -0.4 is 5.32 Å². The molecule has 4 N–H and O–H groups in total. The number of fused-ring (bicyclic) bond motifs is 1. The molecule has 2 amide bonds. The van der Waals surface area contributed by atoms with Gasteiger partial charge in [-0.3, -0.25) is 0 Å². The van der Waals surface area contributed by atoms with Crippen molar-refractivity contribution in [3.8, 4) is 0 Å². The number of carbonyl (C=O) groups is 1. The molecule has 0 aliphatic rings. The third kappa shape index (κ3) is 3.24. The second-order valence-electron chi connectivity index (χ2n) is 4.43. The lowest BCUT2D eigenvalue weighted by Crippen LogP contribution is -2.38. The maximum atomic E-state index is 11.9. The third-order valence-electron chi connectivity index (χ3n) is 2.85. The monoisotopic (exact) mass is 263 g/mol. The highest BCUT2D eigenvalue weighted by Gasteiger charge is 2.13. The molecule has 0 saturated heterocycles. The minimum absolute atomic E-state index is 0.0781. The summed E-state index contributed by atoms with van der Waals surface area (Å²) in [7, 11) is 1.56. The van der Waals surface area contributed by atoms with Gasteiger partial charge in [0.05, 0.1) is 19.3 Å². The molecule has 102 valence electrons. The van der Waals surface area contributed by atoms with E-state index in [1.165, 1.54) is 4.90 Å². The molecule has 2 rings (SSSR count). The minimum atomic E-state index is -0.928. The number of rotatable bonds is 4. The molecular weight excluding hydrogens is 246 g/mol. The van der Waals surface area contributed by atoms with E-state index in [4.69, 9.17) is 5.11 Å². The Morgan fingerprint density at radius 2 is 2.26 bits per heavy atom. The zero-order valence-corrected chi connectivity index (χ0v) is 10.6. The Balaban J connectivity index is 2.01. The number of urea groups is 1. The molecular formula is C13H17N3O3. The number of aromatic nitrogens is 1. The SMILES string of the molecule is CN(C[C@@H](O)CO)C(=O)Nc1ccc2[nH]ccc2c1. The summed E-state index contributed by atoms with van der Waals surface area (Å²) in [6.45, 7) is -0.290. The van der Waals surface area contributed by atoms with Gasteiger partial charge in [-0.1, -0.05) is 0 Å². The number of H-pyrrole nitrogens is 1. The number of nitrogens with zero attached hydrogens (tertiary/aromatic N) is 1. The molecule has 0 radical (unpaired) electrons. The molecule has 0 fully saturated rings. The van der Waals surface area contributed by atoms with Gasteiger partial charge < -0.3 is 25.4 Å². The first-order valence-corrected chi connectivity index (χ1v) is 5.98. The van der Waals surface area contributed by atoms with Crippen molar-refractivity contribution in [3.63, 3.8) is 0 Å². The average Bonchev–Trinajstić information content (AvgIpc) is 2.85. The molecule has 0 spiro atoms. The molecule has 0 aliphatic heterocycles.